The van der Waals surface area contributed by atoms with Crippen molar-refractivity contribution in [3.8, 4) is 11.5 Å². The number of rotatable bonds is 3. The van der Waals surface area contributed by atoms with Crippen LogP contribution in [0.1, 0.15) is 52.9 Å². The summed E-state index contributed by atoms with van der Waals surface area (Å²) in [4.78, 5) is 18.9. The van der Waals surface area contributed by atoms with Gasteiger partial charge in [0.05, 0.1) is 16.7 Å². The summed E-state index contributed by atoms with van der Waals surface area (Å²) in [5, 5.41) is 1.16. The fourth-order valence-corrected chi connectivity index (χ4v) is 4.48. The van der Waals surface area contributed by atoms with Gasteiger partial charge in [0.2, 0.25) is 0 Å². The fraction of sp³-hybridized carbons (Fsp3) is 0.471. The van der Waals surface area contributed by atoms with Crippen LogP contribution in [-0.4, -0.2) is 24.5 Å². The van der Waals surface area contributed by atoms with Crippen LogP contribution < -0.4 is 0 Å². The van der Waals surface area contributed by atoms with Crippen molar-refractivity contribution in [2.45, 2.75) is 52.5 Å². The molecule has 120 valence electrons. The van der Waals surface area contributed by atoms with Gasteiger partial charge in [0, 0.05) is 29.4 Å². The first-order chi connectivity index (χ1) is 11.2. The molecule has 3 aromatic rings. The van der Waals surface area contributed by atoms with Crippen molar-refractivity contribution in [3.63, 3.8) is 0 Å². The van der Waals surface area contributed by atoms with Crippen LogP contribution >= 0.6 is 11.3 Å². The largest absolute Gasteiger partial charge is 0.345 e. The van der Waals surface area contributed by atoms with Gasteiger partial charge in [-0.25, -0.2) is 15.0 Å². The zero-order valence-electron chi connectivity index (χ0n) is 13.8. The van der Waals surface area contributed by atoms with Crippen molar-refractivity contribution in [2.24, 2.45) is 0 Å². The lowest BCUT2D eigenvalue weighted by atomic mass is 9.97. The molecule has 0 saturated carbocycles. The van der Waals surface area contributed by atoms with Gasteiger partial charge in [-0.05, 0) is 33.1 Å². The van der Waals surface area contributed by atoms with E-state index >= 15 is 0 Å². The highest BCUT2D eigenvalue weighted by Gasteiger charge is 2.28. The number of imidazole rings is 2. The van der Waals surface area contributed by atoms with Gasteiger partial charge in [-0.15, -0.1) is 11.3 Å². The Morgan fingerprint density at radius 3 is 3.00 bits per heavy atom. The summed E-state index contributed by atoms with van der Waals surface area (Å²) in [5.41, 5.74) is 3.28. The first kappa shape index (κ1) is 14.6. The van der Waals surface area contributed by atoms with Crippen molar-refractivity contribution in [3.05, 3.63) is 39.5 Å². The third-order valence-electron chi connectivity index (χ3n) is 4.52. The molecule has 0 unspecified atom stereocenters. The highest BCUT2D eigenvalue weighted by molar-refractivity contribution is 7.11. The third kappa shape index (κ3) is 2.41. The van der Waals surface area contributed by atoms with E-state index in [9.17, 15) is 0 Å². The number of aryl methyl sites for hydroxylation is 4. The van der Waals surface area contributed by atoms with E-state index in [1.807, 2.05) is 17.5 Å². The summed E-state index contributed by atoms with van der Waals surface area (Å²) in [6.07, 6.45) is 8.33. The Morgan fingerprint density at radius 2 is 2.22 bits per heavy atom. The maximum atomic E-state index is 4.81. The molecule has 3 heterocycles. The van der Waals surface area contributed by atoms with Crippen LogP contribution in [0.3, 0.4) is 0 Å². The minimum atomic E-state index is 0.280. The topological polar surface area (TPSA) is 59.4 Å². The van der Waals surface area contributed by atoms with Crippen LogP contribution in [0, 0.1) is 13.8 Å². The molecule has 5 nitrogen and oxygen atoms in total. The number of fused-ring (bicyclic) bond motifs is 1. The van der Waals surface area contributed by atoms with Gasteiger partial charge in [-0.1, -0.05) is 6.92 Å². The van der Waals surface area contributed by atoms with Gasteiger partial charge in [0.1, 0.15) is 11.5 Å². The van der Waals surface area contributed by atoms with Crippen molar-refractivity contribution < 1.29 is 0 Å². The second kappa shape index (κ2) is 5.60. The zero-order valence-corrected chi connectivity index (χ0v) is 14.6. The van der Waals surface area contributed by atoms with Gasteiger partial charge in [-0.3, -0.25) is 0 Å². The van der Waals surface area contributed by atoms with Crippen LogP contribution in [0.2, 0.25) is 0 Å². The second-order valence-corrected chi connectivity index (χ2v) is 7.41. The number of aromatic nitrogens is 5. The predicted molar refractivity (Wildman–Crippen MR) is 91.9 cm³/mol. The molecule has 1 aliphatic carbocycles. The van der Waals surface area contributed by atoms with Crippen LogP contribution in [-0.2, 0) is 12.8 Å². The summed E-state index contributed by atoms with van der Waals surface area (Å²) in [6.45, 7) is 6.28. The van der Waals surface area contributed by atoms with E-state index in [0.717, 1.165) is 47.3 Å². The molecule has 0 spiro atoms. The quantitative estimate of drug-likeness (QED) is 0.795. The monoisotopic (exact) mass is 327 g/mol. The fourth-order valence-electron chi connectivity index (χ4n) is 3.44. The molecule has 0 bridgehead atoms. The lowest BCUT2D eigenvalue weighted by Crippen LogP contribution is -2.17. The van der Waals surface area contributed by atoms with Crippen molar-refractivity contribution in [2.75, 3.05) is 0 Å². The molecule has 0 amide bonds. The Bertz CT molecular complexity index is 841. The number of aromatic amines is 1. The Labute approximate surface area is 139 Å². The Balaban J connectivity index is 1.80. The normalized spacial score (nSPS) is 17.4. The third-order valence-corrected chi connectivity index (χ3v) is 5.56. The smallest absolute Gasteiger partial charge is 0.161 e. The number of hydrogen-bond acceptors (Lipinski definition) is 4. The molecule has 0 aromatic carbocycles. The molecular formula is C17H21N5S. The predicted octanol–water partition coefficient (Wildman–Crippen LogP) is 3.83. The average Bonchev–Trinajstić information content (AvgIpc) is 3.22. The SMILES string of the molecule is CCc1nc(-c2nccn2[C@H]2CCCc3sc(C)nc32)c(C)[nH]1. The van der Waals surface area contributed by atoms with Gasteiger partial charge >= 0.3 is 0 Å². The molecule has 0 radical (unpaired) electrons. The van der Waals surface area contributed by atoms with E-state index in [0.29, 0.717) is 0 Å². The van der Waals surface area contributed by atoms with E-state index in [4.69, 9.17) is 9.97 Å². The Morgan fingerprint density at radius 1 is 1.35 bits per heavy atom. The van der Waals surface area contributed by atoms with Crippen LogP contribution in [0.15, 0.2) is 12.4 Å². The van der Waals surface area contributed by atoms with Gasteiger partial charge < -0.3 is 9.55 Å². The highest BCUT2D eigenvalue weighted by Crippen LogP contribution is 2.37. The minimum Gasteiger partial charge on any atom is -0.345 e. The summed E-state index contributed by atoms with van der Waals surface area (Å²) in [7, 11) is 0. The van der Waals surface area contributed by atoms with Crippen molar-refractivity contribution in [1.82, 2.24) is 24.5 Å². The highest BCUT2D eigenvalue weighted by atomic mass is 32.1. The molecule has 1 N–H and O–H groups in total. The molecule has 6 heteroatoms. The first-order valence-electron chi connectivity index (χ1n) is 8.22. The van der Waals surface area contributed by atoms with Gasteiger partial charge in [0.25, 0.3) is 0 Å². The van der Waals surface area contributed by atoms with E-state index in [-0.39, 0.29) is 6.04 Å². The number of H-pyrrole nitrogens is 1. The summed E-state index contributed by atoms with van der Waals surface area (Å²) >= 11 is 1.84. The molecule has 0 saturated heterocycles. The lowest BCUT2D eigenvalue weighted by molar-refractivity contribution is 0.485. The first-order valence-corrected chi connectivity index (χ1v) is 9.04. The van der Waals surface area contributed by atoms with Crippen LogP contribution in [0.5, 0.6) is 0 Å². The maximum absolute atomic E-state index is 4.81. The maximum Gasteiger partial charge on any atom is 0.161 e. The standard InChI is InChI=1S/C17H21N5S/c1-4-14-19-10(2)15(21-14)17-18-8-9-22(17)12-6-5-7-13-16(12)20-11(3)23-13/h8-9,12H,4-7H2,1-3H3,(H,19,21)/t12-/m0/s1. The molecule has 0 fully saturated rings. The van der Waals surface area contributed by atoms with Crippen LogP contribution in [0.4, 0.5) is 0 Å². The molecule has 3 aromatic heterocycles. The Kier molecular flexibility index (Phi) is 3.56. The van der Waals surface area contributed by atoms with Gasteiger partial charge in [0.15, 0.2) is 5.82 Å². The number of hydrogen-bond donors (Lipinski definition) is 1. The van der Waals surface area contributed by atoms with Gasteiger partial charge in [-0.2, -0.15) is 0 Å². The van der Waals surface area contributed by atoms with E-state index < -0.39 is 0 Å². The van der Waals surface area contributed by atoms with Crippen LogP contribution in [0.25, 0.3) is 11.5 Å². The second-order valence-electron chi connectivity index (χ2n) is 6.12. The lowest BCUT2D eigenvalue weighted by Gasteiger charge is -2.24. The molecular weight excluding hydrogens is 306 g/mol. The van der Waals surface area contributed by atoms with Crippen molar-refractivity contribution in [1.29, 1.82) is 0 Å². The molecule has 4 rings (SSSR count). The summed E-state index contributed by atoms with van der Waals surface area (Å²) < 4.78 is 2.26. The van der Waals surface area contributed by atoms with Crippen molar-refractivity contribution >= 4 is 11.3 Å². The summed E-state index contributed by atoms with van der Waals surface area (Å²) in [6, 6.07) is 0.280. The molecule has 1 aliphatic rings. The molecule has 1 atom stereocenters. The van der Waals surface area contributed by atoms with E-state index in [1.54, 1.807) is 0 Å². The molecule has 0 aliphatic heterocycles. The minimum absolute atomic E-state index is 0.280. The zero-order chi connectivity index (χ0) is 16.0. The Hall–Kier alpha value is -1.95. The van der Waals surface area contributed by atoms with E-state index in [1.165, 1.54) is 17.0 Å². The summed E-state index contributed by atoms with van der Waals surface area (Å²) in [5.74, 6) is 1.96. The number of thiazole rings is 1. The molecule has 23 heavy (non-hydrogen) atoms. The average molecular weight is 327 g/mol. The van der Waals surface area contributed by atoms with E-state index in [2.05, 4.69) is 41.5 Å². The number of nitrogens with one attached hydrogen (secondary N) is 1. The number of nitrogens with zero attached hydrogens (tertiary/aromatic N) is 4.